The van der Waals surface area contributed by atoms with Crippen molar-refractivity contribution < 1.29 is 13.3 Å². The van der Waals surface area contributed by atoms with Crippen LogP contribution >= 0.6 is 22.9 Å². The number of thiophene rings is 1. The highest BCUT2D eigenvalue weighted by atomic mass is 35.5. The lowest BCUT2D eigenvalue weighted by atomic mass is 10.1. The van der Waals surface area contributed by atoms with E-state index in [2.05, 4.69) is 0 Å². The summed E-state index contributed by atoms with van der Waals surface area (Å²) in [5.74, 6) is -0.145. The van der Waals surface area contributed by atoms with Crippen molar-refractivity contribution in [3.8, 4) is 0 Å². The second-order valence-electron chi connectivity index (χ2n) is 6.54. The average molecular weight is 448 g/mol. The van der Waals surface area contributed by atoms with Crippen LogP contribution < -0.4 is 0 Å². The molecule has 0 saturated heterocycles. The molecule has 5 nitrogen and oxygen atoms in total. The summed E-state index contributed by atoms with van der Waals surface area (Å²) in [7, 11) is -3.61. The maximum atomic E-state index is 13.2. The van der Waals surface area contributed by atoms with Crippen LogP contribution in [0.2, 0.25) is 5.02 Å². The largest absolute Gasteiger partial charge is 0.269 e. The molecule has 1 aromatic heterocycles. The van der Waals surface area contributed by atoms with Gasteiger partial charge in [0.05, 0.1) is 15.6 Å². The number of nitro benzene ring substituents is 1. The van der Waals surface area contributed by atoms with Crippen LogP contribution in [0.1, 0.15) is 20.9 Å². The number of rotatable bonds is 7. The van der Waals surface area contributed by atoms with Gasteiger partial charge in [-0.25, -0.2) is 8.42 Å². The predicted molar refractivity (Wildman–Crippen MR) is 118 cm³/mol. The highest BCUT2D eigenvalue weighted by Crippen LogP contribution is 2.26. The van der Waals surface area contributed by atoms with E-state index in [1.54, 1.807) is 42.5 Å². The molecule has 0 spiro atoms. The molecule has 3 rings (SSSR count). The summed E-state index contributed by atoms with van der Waals surface area (Å²) in [6.07, 6.45) is 1.84. The molecule has 29 heavy (non-hydrogen) atoms. The number of benzene rings is 2. The summed E-state index contributed by atoms with van der Waals surface area (Å²) in [4.78, 5) is 12.6. The molecule has 0 unspecified atom stereocenters. The zero-order valence-electron chi connectivity index (χ0n) is 15.5. The van der Waals surface area contributed by atoms with E-state index in [1.807, 2.05) is 19.1 Å². The van der Waals surface area contributed by atoms with Crippen LogP contribution in [0.25, 0.3) is 6.08 Å². The van der Waals surface area contributed by atoms with Gasteiger partial charge in [0.15, 0.2) is 9.84 Å². The smallest absolute Gasteiger partial charge is 0.258 e. The topological polar surface area (TPSA) is 77.3 Å². The Labute approximate surface area is 178 Å². The number of halogens is 1. The number of hydrogen-bond acceptors (Lipinski definition) is 5. The van der Waals surface area contributed by atoms with Crippen LogP contribution in [0.3, 0.4) is 0 Å². The molecule has 0 aliphatic carbocycles. The van der Waals surface area contributed by atoms with Crippen LogP contribution in [0.15, 0.2) is 65.6 Å². The lowest BCUT2D eigenvalue weighted by Gasteiger charge is -2.10. The van der Waals surface area contributed by atoms with Crippen molar-refractivity contribution in [1.29, 1.82) is 0 Å². The van der Waals surface area contributed by atoms with Crippen LogP contribution in [0.4, 0.5) is 5.69 Å². The van der Waals surface area contributed by atoms with E-state index in [0.29, 0.717) is 16.1 Å². The van der Waals surface area contributed by atoms with E-state index in [1.165, 1.54) is 23.5 Å². The molecule has 0 atom stereocenters. The molecule has 0 aliphatic heterocycles. The minimum absolute atomic E-state index is 0.0304. The summed E-state index contributed by atoms with van der Waals surface area (Å²) in [6.45, 7) is 1.96. The Balaban J connectivity index is 1.94. The Bertz CT molecular complexity index is 1150. The van der Waals surface area contributed by atoms with Gasteiger partial charge in [-0.05, 0) is 48.4 Å². The van der Waals surface area contributed by atoms with Gasteiger partial charge in [-0.3, -0.25) is 10.1 Å². The maximum Gasteiger partial charge on any atom is 0.269 e. The molecular weight excluding hydrogens is 430 g/mol. The highest BCUT2D eigenvalue weighted by molar-refractivity contribution is 7.94. The molecule has 2 aromatic carbocycles. The molecule has 0 amide bonds. The molecule has 8 heteroatoms. The van der Waals surface area contributed by atoms with E-state index in [4.69, 9.17) is 11.6 Å². The summed E-state index contributed by atoms with van der Waals surface area (Å²) in [5, 5.41) is 11.4. The molecule has 150 valence electrons. The van der Waals surface area contributed by atoms with E-state index in [-0.39, 0.29) is 22.8 Å². The summed E-state index contributed by atoms with van der Waals surface area (Å²) >= 11 is 7.40. The van der Waals surface area contributed by atoms with Crippen LogP contribution in [0, 0.1) is 17.0 Å². The number of nitrogens with zero attached hydrogens (tertiary/aromatic N) is 1. The van der Waals surface area contributed by atoms with Gasteiger partial charge in [0.1, 0.15) is 0 Å². The molecule has 0 bridgehead atoms. The number of nitro groups is 1. The Morgan fingerprint density at radius 3 is 2.21 bits per heavy atom. The quantitative estimate of drug-likeness (QED) is 0.338. The van der Waals surface area contributed by atoms with E-state index in [9.17, 15) is 18.5 Å². The molecule has 1 heterocycles. The van der Waals surface area contributed by atoms with Crippen molar-refractivity contribution in [3.63, 3.8) is 0 Å². The number of aryl methyl sites for hydroxylation is 1. The van der Waals surface area contributed by atoms with Crippen molar-refractivity contribution >= 4 is 44.5 Å². The highest BCUT2D eigenvalue weighted by Gasteiger charge is 2.20. The third-order valence-electron chi connectivity index (χ3n) is 4.26. The van der Waals surface area contributed by atoms with Crippen LogP contribution in [-0.4, -0.2) is 13.3 Å². The minimum Gasteiger partial charge on any atom is -0.258 e. The molecule has 0 saturated carbocycles. The fourth-order valence-electron chi connectivity index (χ4n) is 2.77. The number of hydrogen-bond donors (Lipinski definition) is 0. The Morgan fingerprint density at radius 2 is 1.66 bits per heavy atom. The second kappa shape index (κ2) is 8.90. The molecular formula is C21H18ClNO4S2. The number of sulfone groups is 1. The van der Waals surface area contributed by atoms with Gasteiger partial charge in [0.25, 0.3) is 5.69 Å². The fourth-order valence-corrected chi connectivity index (χ4v) is 5.33. The van der Waals surface area contributed by atoms with Gasteiger partial charge in [0, 0.05) is 33.3 Å². The van der Waals surface area contributed by atoms with Gasteiger partial charge < -0.3 is 0 Å². The van der Waals surface area contributed by atoms with Crippen molar-refractivity contribution in [2.75, 3.05) is 0 Å². The van der Waals surface area contributed by atoms with E-state index in [0.717, 1.165) is 9.75 Å². The first kappa shape index (κ1) is 21.2. The van der Waals surface area contributed by atoms with Crippen molar-refractivity contribution in [2.45, 2.75) is 19.1 Å². The first-order chi connectivity index (χ1) is 13.7. The summed E-state index contributed by atoms with van der Waals surface area (Å²) in [6, 6.07) is 16.5. The standard InChI is InChI=1S/C21H18ClNO4S2/c1-15-2-11-20(28-15)13-21(12-16-5-9-19(10-6-16)23(24)25)29(26,27)14-17-3-7-18(22)8-4-17/h2-11,13H,12,14H2,1H3/b21-13+. The summed E-state index contributed by atoms with van der Waals surface area (Å²) < 4.78 is 26.3. The van der Waals surface area contributed by atoms with Gasteiger partial charge in [-0.2, -0.15) is 0 Å². The Kier molecular flexibility index (Phi) is 6.52. The zero-order chi connectivity index (χ0) is 21.0. The van der Waals surface area contributed by atoms with E-state index >= 15 is 0 Å². The zero-order valence-corrected chi connectivity index (χ0v) is 17.9. The van der Waals surface area contributed by atoms with Gasteiger partial charge in [-0.15, -0.1) is 11.3 Å². The molecule has 0 radical (unpaired) electrons. The number of allylic oxidation sites excluding steroid dienone is 1. The van der Waals surface area contributed by atoms with Crippen molar-refractivity contribution in [2.24, 2.45) is 0 Å². The first-order valence-electron chi connectivity index (χ1n) is 8.70. The van der Waals surface area contributed by atoms with Crippen molar-refractivity contribution in [3.05, 3.63) is 102 Å². The first-order valence-corrected chi connectivity index (χ1v) is 11.6. The lowest BCUT2D eigenvalue weighted by molar-refractivity contribution is -0.384. The second-order valence-corrected chi connectivity index (χ2v) is 10.3. The lowest BCUT2D eigenvalue weighted by Crippen LogP contribution is -2.10. The Hall–Kier alpha value is -2.48. The molecule has 3 aromatic rings. The van der Waals surface area contributed by atoms with Crippen LogP contribution in [-0.2, 0) is 22.0 Å². The third kappa shape index (κ3) is 5.76. The van der Waals surface area contributed by atoms with E-state index < -0.39 is 14.8 Å². The van der Waals surface area contributed by atoms with Gasteiger partial charge in [0.2, 0.25) is 0 Å². The SMILES string of the molecule is Cc1ccc(/C=C(\Cc2ccc([N+](=O)[O-])cc2)S(=O)(=O)Cc2ccc(Cl)cc2)s1. The monoisotopic (exact) mass is 447 g/mol. The molecule has 0 aliphatic rings. The van der Waals surface area contributed by atoms with Gasteiger partial charge >= 0.3 is 0 Å². The average Bonchev–Trinajstić information content (AvgIpc) is 3.08. The van der Waals surface area contributed by atoms with Gasteiger partial charge in [-0.1, -0.05) is 35.9 Å². The predicted octanol–water partition coefficient (Wildman–Crippen LogP) is 5.82. The Morgan fingerprint density at radius 1 is 1.03 bits per heavy atom. The third-order valence-corrected chi connectivity index (χ3v) is 7.23. The van der Waals surface area contributed by atoms with Crippen molar-refractivity contribution in [1.82, 2.24) is 0 Å². The van der Waals surface area contributed by atoms with Crippen LogP contribution in [0.5, 0.6) is 0 Å². The summed E-state index contributed by atoms with van der Waals surface area (Å²) in [5.41, 5.74) is 1.30. The molecule has 0 fully saturated rings. The minimum atomic E-state index is -3.61. The fraction of sp³-hybridized carbons (Fsp3) is 0.143. The maximum absolute atomic E-state index is 13.2. The number of non-ortho nitro benzene ring substituents is 1. The normalized spacial score (nSPS) is 12.1. The molecule has 0 N–H and O–H groups in total.